The van der Waals surface area contributed by atoms with Gasteiger partial charge in [0, 0.05) is 6.07 Å². The Hall–Kier alpha value is -3.31. The molecular formula is C20H19N3O6S2. The van der Waals surface area contributed by atoms with Crippen molar-refractivity contribution in [3.05, 3.63) is 65.1 Å². The van der Waals surface area contributed by atoms with Crippen molar-refractivity contribution < 1.29 is 22.7 Å². The first-order valence-corrected chi connectivity index (χ1v) is 11.4. The van der Waals surface area contributed by atoms with E-state index in [1.165, 1.54) is 26.4 Å². The molecule has 1 heterocycles. The molecule has 2 aromatic carbocycles. The van der Waals surface area contributed by atoms with Crippen molar-refractivity contribution in [1.82, 2.24) is 9.97 Å². The summed E-state index contributed by atoms with van der Waals surface area (Å²) >= 11 is 0.959. The molecule has 0 unspecified atom stereocenters. The van der Waals surface area contributed by atoms with E-state index in [4.69, 9.17) is 9.47 Å². The number of hydrogen-bond donors (Lipinski definition) is 2. The predicted molar refractivity (Wildman–Crippen MR) is 116 cm³/mol. The van der Waals surface area contributed by atoms with Crippen molar-refractivity contribution in [3.8, 4) is 11.5 Å². The quantitative estimate of drug-likeness (QED) is 0.387. The summed E-state index contributed by atoms with van der Waals surface area (Å²) in [7, 11) is -0.998. The van der Waals surface area contributed by atoms with E-state index < -0.39 is 20.3 Å². The third-order valence-electron chi connectivity index (χ3n) is 4.11. The topological polar surface area (TPSA) is 127 Å². The number of aromatic nitrogens is 2. The number of carbonyl (C=O) groups is 1. The van der Waals surface area contributed by atoms with Crippen LogP contribution in [0.15, 0.2) is 74.5 Å². The number of nitrogens with zero attached hydrogens (tertiary/aromatic N) is 1. The van der Waals surface area contributed by atoms with Gasteiger partial charge in [-0.15, -0.1) is 0 Å². The number of hydrogen-bond acceptors (Lipinski definition) is 8. The van der Waals surface area contributed by atoms with Crippen LogP contribution in [-0.2, 0) is 14.6 Å². The number of methoxy groups -OCH3 is 2. The summed E-state index contributed by atoms with van der Waals surface area (Å²) in [6.07, 6.45) is 0.994. The number of amides is 1. The lowest BCUT2D eigenvalue weighted by molar-refractivity contribution is -0.113. The normalized spacial score (nSPS) is 11.0. The summed E-state index contributed by atoms with van der Waals surface area (Å²) in [5, 5.41) is 2.82. The molecule has 0 aliphatic carbocycles. The summed E-state index contributed by atoms with van der Waals surface area (Å²) in [4.78, 5) is 30.5. The smallest absolute Gasteiger partial charge is 0.270 e. The second kappa shape index (κ2) is 9.67. The molecule has 162 valence electrons. The van der Waals surface area contributed by atoms with Gasteiger partial charge in [0.15, 0.2) is 10.1 Å². The number of aromatic amines is 1. The fourth-order valence-electron chi connectivity index (χ4n) is 2.58. The lowest BCUT2D eigenvalue weighted by atomic mass is 10.2. The molecule has 2 N–H and O–H groups in total. The molecule has 0 radical (unpaired) electrons. The lowest BCUT2D eigenvalue weighted by Gasteiger charge is -2.11. The number of ether oxygens (including phenoxy) is 2. The van der Waals surface area contributed by atoms with Crippen molar-refractivity contribution >= 4 is 33.2 Å². The minimum atomic E-state index is -3.99. The van der Waals surface area contributed by atoms with E-state index in [1.54, 1.807) is 36.4 Å². The number of sulfone groups is 1. The van der Waals surface area contributed by atoms with Gasteiger partial charge < -0.3 is 19.8 Å². The zero-order valence-electron chi connectivity index (χ0n) is 16.6. The number of H-pyrrole nitrogens is 1. The monoisotopic (exact) mass is 461 g/mol. The highest BCUT2D eigenvalue weighted by atomic mass is 32.2. The van der Waals surface area contributed by atoms with Crippen LogP contribution in [0.3, 0.4) is 0 Å². The van der Waals surface area contributed by atoms with Gasteiger partial charge in [0.1, 0.15) is 11.5 Å². The van der Waals surface area contributed by atoms with Crippen LogP contribution in [0, 0.1) is 0 Å². The standard InChI is InChI=1S/C20H19N3O6S2/c1-28-13-8-9-15(16(10-13)29-2)22-18(24)12-30-20-21-11-17(19(25)23-20)31(26,27)14-6-4-3-5-7-14/h3-11H,12H2,1-2H3,(H,22,24)(H,21,23,25). The van der Waals surface area contributed by atoms with Gasteiger partial charge in [0.2, 0.25) is 15.7 Å². The van der Waals surface area contributed by atoms with Gasteiger partial charge in [-0.3, -0.25) is 9.59 Å². The molecule has 0 saturated heterocycles. The highest BCUT2D eigenvalue weighted by Crippen LogP contribution is 2.29. The molecule has 1 aromatic heterocycles. The Balaban J connectivity index is 1.69. The molecule has 0 aliphatic rings. The number of carbonyl (C=O) groups excluding carboxylic acids is 1. The molecule has 31 heavy (non-hydrogen) atoms. The highest BCUT2D eigenvalue weighted by molar-refractivity contribution is 7.99. The maximum atomic E-state index is 12.6. The third kappa shape index (κ3) is 5.25. The molecule has 11 heteroatoms. The Labute approximate surface area is 182 Å². The van der Waals surface area contributed by atoms with Gasteiger partial charge in [0.25, 0.3) is 5.56 Å². The van der Waals surface area contributed by atoms with E-state index in [9.17, 15) is 18.0 Å². The fourth-order valence-corrected chi connectivity index (χ4v) is 4.47. The molecule has 0 spiro atoms. The van der Waals surface area contributed by atoms with Crippen LogP contribution in [0.1, 0.15) is 0 Å². The molecule has 3 rings (SSSR count). The first kappa shape index (κ1) is 22.4. The Morgan fingerprint density at radius 3 is 2.52 bits per heavy atom. The average molecular weight is 462 g/mol. The number of rotatable bonds is 8. The van der Waals surface area contributed by atoms with Crippen molar-refractivity contribution in [2.75, 3.05) is 25.3 Å². The fraction of sp³-hybridized carbons (Fsp3) is 0.150. The summed E-state index contributed by atoms with van der Waals surface area (Å²) in [5.74, 6) is 0.580. The van der Waals surface area contributed by atoms with E-state index in [0.717, 1.165) is 18.0 Å². The molecule has 0 fully saturated rings. The Morgan fingerprint density at radius 2 is 1.87 bits per heavy atom. The van der Waals surface area contributed by atoms with Crippen molar-refractivity contribution in [2.24, 2.45) is 0 Å². The SMILES string of the molecule is COc1ccc(NC(=O)CSc2ncc(S(=O)(=O)c3ccccc3)c(=O)[nH]2)c(OC)c1. The van der Waals surface area contributed by atoms with Gasteiger partial charge >= 0.3 is 0 Å². The molecule has 0 aliphatic heterocycles. The van der Waals surface area contributed by atoms with Crippen molar-refractivity contribution in [1.29, 1.82) is 0 Å². The average Bonchev–Trinajstić information content (AvgIpc) is 2.78. The minimum Gasteiger partial charge on any atom is -0.497 e. The van der Waals surface area contributed by atoms with E-state index in [2.05, 4.69) is 15.3 Å². The van der Waals surface area contributed by atoms with Crippen LogP contribution in [0.2, 0.25) is 0 Å². The molecular weight excluding hydrogens is 442 g/mol. The first-order chi connectivity index (χ1) is 14.8. The number of benzene rings is 2. The molecule has 0 saturated carbocycles. The number of thioether (sulfide) groups is 1. The first-order valence-electron chi connectivity index (χ1n) is 8.89. The van der Waals surface area contributed by atoms with E-state index in [0.29, 0.717) is 17.2 Å². The molecule has 1 amide bonds. The zero-order valence-corrected chi connectivity index (χ0v) is 18.2. The lowest BCUT2D eigenvalue weighted by Crippen LogP contribution is -2.20. The van der Waals surface area contributed by atoms with Gasteiger partial charge in [0.05, 0.1) is 36.8 Å². The Bertz CT molecular complexity index is 1240. The Kier molecular flexibility index (Phi) is 6.98. The molecule has 3 aromatic rings. The van der Waals surface area contributed by atoms with Crippen LogP contribution in [0.25, 0.3) is 0 Å². The van der Waals surface area contributed by atoms with Gasteiger partial charge in [-0.1, -0.05) is 30.0 Å². The second-order valence-corrected chi connectivity index (χ2v) is 8.98. The van der Waals surface area contributed by atoms with Crippen molar-refractivity contribution in [3.63, 3.8) is 0 Å². The van der Waals surface area contributed by atoms with Gasteiger partial charge in [-0.25, -0.2) is 13.4 Å². The van der Waals surface area contributed by atoms with Gasteiger partial charge in [-0.05, 0) is 24.3 Å². The van der Waals surface area contributed by atoms with Crippen LogP contribution in [-0.4, -0.2) is 44.3 Å². The van der Waals surface area contributed by atoms with Gasteiger partial charge in [-0.2, -0.15) is 0 Å². The summed E-state index contributed by atoms with van der Waals surface area (Å²) < 4.78 is 35.5. The zero-order chi connectivity index (χ0) is 22.4. The van der Waals surface area contributed by atoms with Crippen LogP contribution < -0.4 is 20.3 Å². The van der Waals surface area contributed by atoms with Crippen LogP contribution in [0.4, 0.5) is 5.69 Å². The van der Waals surface area contributed by atoms with E-state index >= 15 is 0 Å². The number of anilines is 1. The van der Waals surface area contributed by atoms with Crippen molar-refractivity contribution in [2.45, 2.75) is 14.9 Å². The maximum absolute atomic E-state index is 12.6. The minimum absolute atomic E-state index is 0.00415. The summed E-state index contributed by atoms with van der Waals surface area (Å²) in [6.45, 7) is 0. The largest absolute Gasteiger partial charge is 0.497 e. The summed E-state index contributed by atoms with van der Waals surface area (Å²) in [6, 6.07) is 12.6. The number of nitrogens with one attached hydrogen (secondary N) is 2. The van der Waals surface area contributed by atoms with E-state index in [1.807, 2.05) is 0 Å². The maximum Gasteiger partial charge on any atom is 0.270 e. The summed E-state index contributed by atoms with van der Waals surface area (Å²) in [5.41, 5.74) is -0.349. The second-order valence-electron chi connectivity index (χ2n) is 6.10. The molecule has 0 atom stereocenters. The molecule has 9 nitrogen and oxygen atoms in total. The van der Waals surface area contributed by atoms with Crippen LogP contribution >= 0.6 is 11.8 Å². The third-order valence-corrected chi connectivity index (χ3v) is 6.76. The van der Waals surface area contributed by atoms with E-state index in [-0.39, 0.29) is 21.7 Å². The Morgan fingerprint density at radius 1 is 1.13 bits per heavy atom. The predicted octanol–water partition coefficient (Wildman–Crippen LogP) is 2.35. The molecule has 0 bridgehead atoms. The highest BCUT2D eigenvalue weighted by Gasteiger charge is 2.22. The van der Waals surface area contributed by atoms with Crippen LogP contribution in [0.5, 0.6) is 11.5 Å².